The highest BCUT2D eigenvalue weighted by molar-refractivity contribution is 7.99. The van der Waals surface area contributed by atoms with Gasteiger partial charge in [0, 0.05) is 29.4 Å². The number of nitrogens with one attached hydrogen (secondary N) is 1. The minimum atomic E-state index is -0.488. The molecule has 2 amide bonds. The Labute approximate surface area is 194 Å². The number of hydrogen-bond acceptors (Lipinski definition) is 4. The second kappa shape index (κ2) is 13.3. The molecule has 2 aromatic rings. The lowest BCUT2D eigenvalue weighted by Crippen LogP contribution is -2.49. The van der Waals surface area contributed by atoms with Crippen LogP contribution >= 0.6 is 23.4 Å². The third-order valence-electron chi connectivity index (χ3n) is 4.87. The van der Waals surface area contributed by atoms with Gasteiger partial charge in [-0.25, -0.2) is 0 Å². The molecular formula is C24H31ClN2O3S. The highest BCUT2D eigenvalue weighted by atomic mass is 35.5. The summed E-state index contributed by atoms with van der Waals surface area (Å²) in [5, 5.41) is 3.57. The second-order valence-corrected chi connectivity index (χ2v) is 8.70. The molecule has 2 rings (SSSR count). The average Bonchev–Trinajstić information content (AvgIpc) is 2.78. The molecule has 0 bridgehead atoms. The molecule has 7 heteroatoms. The molecule has 5 nitrogen and oxygen atoms in total. The van der Waals surface area contributed by atoms with Crippen LogP contribution in [0.25, 0.3) is 0 Å². The van der Waals surface area contributed by atoms with Crippen molar-refractivity contribution in [2.75, 3.05) is 19.4 Å². The summed E-state index contributed by atoms with van der Waals surface area (Å²) in [6, 6.07) is 14.8. The van der Waals surface area contributed by atoms with Crippen LogP contribution in [-0.4, -0.2) is 42.2 Å². The van der Waals surface area contributed by atoms with Gasteiger partial charge in [-0.1, -0.05) is 30.7 Å². The van der Waals surface area contributed by atoms with Gasteiger partial charge in [0.05, 0.1) is 7.11 Å². The maximum atomic E-state index is 13.1. The summed E-state index contributed by atoms with van der Waals surface area (Å²) in [7, 11) is 1.62. The van der Waals surface area contributed by atoms with Crippen LogP contribution in [0.5, 0.6) is 5.75 Å². The lowest BCUT2D eigenvalue weighted by Gasteiger charge is -2.30. The molecule has 0 radical (unpaired) electrons. The lowest BCUT2D eigenvalue weighted by molar-refractivity contribution is -0.141. The van der Waals surface area contributed by atoms with Crippen LogP contribution in [0.1, 0.15) is 38.7 Å². The van der Waals surface area contributed by atoms with Crippen LogP contribution in [0, 0.1) is 0 Å². The number of likely N-dealkylation sites (N-methyl/N-ethyl adjacent to an activating group) is 1. The Morgan fingerprint density at radius 2 is 1.77 bits per heavy atom. The van der Waals surface area contributed by atoms with Crippen LogP contribution in [-0.2, 0) is 16.1 Å². The molecule has 31 heavy (non-hydrogen) atoms. The number of amides is 2. The summed E-state index contributed by atoms with van der Waals surface area (Å²) in [5.74, 6) is 1.46. The van der Waals surface area contributed by atoms with Gasteiger partial charge in [-0.15, -0.1) is 11.8 Å². The standard InChI is InChI=1S/C24H31ClN2O3S/c1-4-22(24(29)26-5-2)27(17-18-8-12-20(30-3)13-9-18)23(28)7-6-16-31-21-14-10-19(25)11-15-21/h8-15,22H,4-7,16-17H2,1-3H3,(H,26,29)/t22-/m0/s1. The van der Waals surface area contributed by atoms with E-state index in [2.05, 4.69) is 5.32 Å². The van der Waals surface area contributed by atoms with Crippen LogP contribution < -0.4 is 10.1 Å². The first-order valence-corrected chi connectivity index (χ1v) is 11.9. The van der Waals surface area contributed by atoms with E-state index in [1.165, 1.54) is 0 Å². The second-order valence-electron chi connectivity index (χ2n) is 7.09. The van der Waals surface area contributed by atoms with E-state index in [1.54, 1.807) is 23.8 Å². The fourth-order valence-electron chi connectivity index (χ4n) is 3.23. The molecule has 0 heterocycles. The first-order chi connectivity index (χ1) is 15.0. The summed E-state index contributed by atoms with van der Waals surface area (Å²) in [4.78, 5) is 28.6. The summed E-state index contributed by atoms with van der Waals surface area (Å²) in [6.07, 6.45) is 1.69. The van der Waals surface area contributed by atoms with Gasteiger partial charge in [0.1, 0.15) is 11.8 Å². The number of hydrogen-bond donors (Lipinski definition) is 1. The monoisotopic (exact) mass is 462 g/mol. The molecule has 0 aliphatic rings. The first kappa shape index (κ1) is 25.1. The minimum absolute atomic E-state index is 0.00868. The highest BCUT2D eigenvalue weighted by Gasteiger charge is 2.27. The summed E-state index contributed by atoms with van der Waals surface area (Å²) < 4.78 is 5.21. The third kappa shape index (κ3) is 8.11. The Morgan fingerprint density at radius 3 is 2.35 bits per heavy atom. The smallest absolute Gasteiger partial charge is 0.242 e. The minimum Gasteiger partial charge on any atom is -0.497 e. The Morgan fingerprint density at radius 1 is 1.10 bits per heavy atom. The van der Waals surface area contributed by atoms with Gasteiger partial charge < -0.3 is 15.0 Å². The SMILES string of the molecule is CCNC(=O)[C@H](CC)N(Cc1ccc(OC)cc1)C(=O)CCCSc1ccc(Cl)cc1. The molecule has 1 N–H and O–H groups in total. The maximum Gasteiger partial charge on any atom is 0.242 e. The van der Waals surface area contributed by atoms with Gasteiger partial charge in [0.15, 0.2) is 0 Å². The summed E-state index contributed by atoms with van der Waals surface area (Å²) in [6.45, 7) is 4.75. The molecule has 0 saturated carbocycles. The number of rotatable bonds is 12. The maximum absolute atomic E-state index is 13.1. The molecule has 0 spiro atoms. The fourth-order valence-corrected chi connectivity index (χ4v) is 4.21. The van der Waals surface area contributed by atoms with E-state index in [4.69, 9.17) is 16.3 Å². The largest absolute Gasteiger partial charge is 0.497 e. The molecule has 0 fully saturated rings. The van der Waals surface area contributed by atoms with Crippen molar-refractivity contribution in [2.24, 2.45) is 0 Å². The third-order valence-corrected chi connectivity index (χ3v) is 6.22. The van der Waals surface area contributed by atoms with Crippen molar-refractivity contribution in [1.82, 2.24) is 10.2 Å². The van der Waals surface area contributed by atoms with E-state index in [-0.39, 0.29) is 11.8 Å². The molecule has 168 valence electrons. The van der Waals surface area contributed by atoms with E-state index in [1.807, 2.05) is 62.4 Å². The van der Waals surface area contributed by atoms with Crippen LogP contribution in [0.15, 0.2) is 53.4 Å². The van der Waals surface area contributed by atoms with Gasteiger partial charge >= 0.3 is 0 Å². The molecular weight excluding hydrogens is 432 g/mol. The molecule has 0 saturated heterocycles. The predicted molar refractivity (Wildman–Crippen MR) is 128 cm³/mol. The van der Waals surface area contributed by atoms with E-state index < -0.39 is 6.04 Å². The number of benzene rings is 2. The number of carbonyl (C=O) groups is 2. The van der Waals surface area contributed by atoms with Gasteiger partial charge in [-0.3, -0.25) is 9.59 Å². The Hall–Kier alpha value is -2.18. The van der Waals surface area contributed by atoms with Gasteiger partial charge in [-0.05, 0) is 67.5 Å². The highest BCUT2D eigenvalue weighted by Crippen LogP contribution is 2.22. The fraction of sp³-hybridized carbons (Fsp3) is 0.417. The number of methoxy groups -OCH3 is 1. The number of ether oxygens (including phenoxy) is 1. The van der Waals surface area contributed by atoms with Gasteiger partial charge in [0.2, 0.25) is 11.8 Å². The molecule has 0 unspecified atom stereocenters. The quantitative estimate of drug-likeness (QED) is 0.349. The van der Waals surface area contributed by atoms with Crippen LogP contribution in [0.3, 0.4) is 0 Å². The number of carbonyl (C=O) groups excluding carboxylic acids is 2. The molecule has 0 aliphatic carbocycles. The number of thioether (sulfide) groups is 1. The zero-order chi connectivity index (χ0) is 22.6. The van der Waals surface area contributed by atoms with Crippen molar-refractivity contribution in [2.45, 2.75) is 50.6 Å². The van der Waals surface area contributed by atoms with Crippen molar-refractivity contribution in [3.05, 3.63) is 59.1 Å². The normalized spacial score (nSPS) is 11.6. The van der Waals surface area contributed by atoms with E-state index >= 15 is 0 Å². The number of nitrogens with zero attached hydrogens (tertiary/aromatic N) is 1. The topological polar surface area (TPSA) is 58.6 Å². The Bertz CT molecular complexity index is 828. The van der Waals surface area contributed by atoms with E-state index in [9.17, 15) is 9.59 Å². The van der Waals surface area contributed by atoms with E-state index in [0.717, 1.165) is 28.4 Å². The summed E-state index contributed by atoms with van der Waals surface area (Å²) in [5.41, 5.74) is 0.965. The molecule has 0 aromatic heterocycles. The predicted octanol–water partition coefficient (Wildman–Crippen LogP) is 5.16. The van der Waals surface area contributed by atoms with Crippen molar-refractivity contribution in [3.8, 4) is 5.75 Å². The molecule has 2 aromatic carbocycles. The zero-order valence-electron chi connectivity index (χ0n) is 18.4. The van der Waals surface area contributed by atoms with Crippen molar-refractivity contribution in [3.63, 3.8) is 0 Å². The Balaban J connectivity index is 2.03. The van der Waals surface area contributed by atoms with Gasteiger partial charge in [-0.2, -0.15) is 0 Å². The first-order valence-electron chi connectivity index (χ1n) is 10.6. The van der Waals surface area contributed by atoms with E-state index in [0.29, 0.717) is 31.0 Å². The lowest BCUT2D eigenvalue weighted by atomic mass is 10.1. The molecule has 1 atom stereocenters. The van der Waals surface area contributed by atoms with Gasteiger partial charge in [0.25, 0.3) is 0 Å². The summed E-state index contributed by atoms with van der Waals surface area (Å²) >= 11 is 7.62. The zero-order valence-corrected chi connectivity index (χ0v) is 20.0. The van der Waals surface area contributed by atoms with Crippen molar-refractivity contribution in [1.29, 1.82) is 0 Å². The number of halogens is 1. The van der Waals surface area contributed by atoms with Crippen LogP contribution in [0.2, 0.25) is 5.02 Å². The van der Waals surface area contributed by atoms with Crippen LogP contribution in [0.4, 0.5) is 0 Å². The van der Waals surface area contributed by atoms with Crippen molar-refractivity contribution >= 4 is 35.2 Å². The molecule has 0 aliphatic heterocycles. The average molecular weight is 463 g/mol. The Kier molecular flexibility index (Phi) is 10.7. The van der Waals surface area contributed by atoms with Crippen molar-refractivity contribution < 1.29 is 14.3 Å².